The molecule has 0 heterocycles. The minimum atomic E-state index is 0.371. The summed E-state index contributed by atoms with van der Waals surface area (Å²) in [5, 5.41) is 9.81. The van der Waals surface area contributed by atoms with Crippen molar-refractivity contribution in [3.05, 3.63) is 57.6 Å². The second-order valence-electron chi connectivity index (χ2n) is 6.36. The molecule has 118 valence electrons. The molecule has 0 aliphatic heterocycles. The van der Waals surface area contributed by atoms with Crippen molar-refractivity contribution in [1.29, 1.82) is 0 Å². The smallest absolute Gasteiger partial charge is 0.122 e. The molecule has 0 saturated carbocycles. The molecule has 22 heavy (non-hydrogen) atoms. The van der Waals surface area contributed by atoms with Crippen LogP contribution in [0.1, 0.15) is 53.1 Å². The van der Waals surface area contributed by atoms with Crippen molar-refractivity contribution in [2.45, 2.75) is 47.0 Å². The highest BCUT2D eigenvalue weighted by molar-refractivity contribution is 5.49. The largest absolute Gasteiger partial charge is 0.508 e. The number of ether oxygens (including phenoxy) is 1. The number of phenols is 1. The van der Waals surface area contributed by atoms with Crippen LogP contribution in [0.3, 0.4) is 0 Å². The fraction of sp³-hybridized carbons (Fsp3) is 0.400. The molecule has 0 aliphatic carbocycles. The Morgan fingerprint density at radius 1 is 1.00 bits per heavy atom. The Kier molecular flexibility index (Phi) is 4.80. The number of aromatic hydroxyl groups is 1. The lowest BCUT2D eigenvalue weighted by molar-refractivity contribution is 0.407. The maximum Gasteiger partial charge on any atom is 0.122 e. The van der Waals surface area contributed by atoms with Gasteiger partial charge < -0.3 is 9.84 Å². The van der Waals surface area contributed by atoms with Gasteiger partial charge in [-0.2, -0.15) is 0 Å². The van der Waals surface area contributed by atoms with Gasteiger partial charge >= 0.3 is 0 Å². The van der Waals surface area contributed by atoms with Crippen LogP contribution in [0.2, 0.25) is 0 Å². The maximum absolute atomic E-state index is 9.81. The van der Waals surface area contributed by atoms with Gasteiger partial charge in [-0.05, 0) is 78.6 Å². The van der Waals surface area contributed by atoms with Crippen LogP contribution < -0.4 is 4.74 Å². The van der Waals surface area contributed by atoms with Gasteiger partial charge in [-0.15, -0.1) is 0 Å². The van der Waals surface area contributed by atoms with Crippen LogP contribution in [-0.2, 0) is 6.42 Å². The lowest BCUT2D eigenvalue weighted by Gasteiger charge is -2.19. The second kappa shape index (κ2) is 6.43. The van der Waals surface area contributed by atoms with E-state index in [1.165, 1.54) is 22.3 Å². The number of rotatable bonds is 4. The zero-order chi connectivity index (χ0) is 16.4. The van der Waals surface area contributed by atoms with E-state index in [-0.39, 0.29) is 0 Å². The van der Waals surface area contributed by atoms with Crippen LogP contribution in [0, 0.1) is 20.8 Å². The average molecular weight is 298 g/mol. The summed E-state index contributed by atoms with van der Waals surface area (Å²) in [5.41, 5.74) is 7.23. The van der Waals surface area contributed by atoms with Crippen molar-refractivity contribution in [2.75, 3.05) is 7.11 Å². The molecule has 0 bridgehead atoms. The molecule has 0 radical (unpaired) electrons. The molecule has 2 nitrogen and oxygen atoms in total. The predicted octanol–water partition coefficient (Wildman–Crippen LogP) is 5.04. The number of aryl methyl sites for hydroxylation is 2. The number of benzene rings is 2. The summed E-state index contributed by atoms with van der Waals surface area (Å²) in [4.78, 5) is 0. The molecule has 2 aromatic carbocycles. The zero-order valence-corrected chi connectivity index (χ0v) is 14.4. The van der Waals surface area contributed by atoms with Crippen LogP contribution >= 0.6 is 0 Å². The minimum absolute atomic E-state index is 0.371. The van der Waals surface area contributed by atoms with E-state index in [1.807, 2.05) is 13.0 Å². The van der Waals surface area contributed by atoms with Crippen molar-refractivity contribution < 1.29 is 9.84 Å². The summed E-state index contributed by atoms with van der Waals surface area (Å²) < 4.78 is 5.52. The molecule has 0 aliphatic rings. The van der Waals surface area contributed by atoms with Crippen LogP contribution in [0.4, 0.5) is 0 Å². The summed E-state index contributed by atoms with van der Waals surface area (Å²) in [7, 11) is 1.73. The topological polar surface area (TPSA) is 29.5 Å². The van der Waals surface area contributed by atoms with Gasteiger partial charge in [0.2, 0.25) is 0 Å². The van der Waals surface area contributed by atoms with Gasteiger partial charge in [-0.1, -0.05) is 26.0 Å². The van der Waals surface area contributed by atoms with E-state index in [0.29, 0.717) is 11.7 Å². The van der Waals surface area contributed by atoms with Crippen molar-refractivity contribution >= 4 is 0 Å². The second-order valence-corrected chi connectivity index (χ2v) is 6.36. The molecule has 0 unspecified atom stereocenters. The molecule has 0 fully saturated rings. The van der Waals surface area contributed by atoms with Gasteiger partial charge in [-0.25, -0.2) is 0 Å². The Balaban J connectivity index is 2.47. The molecule has 2 rings (SSSR count). The third kappa shape index (κ3) is 3.11. The molecule has 0 spiro atoms. The summed E-state index contributed by atoms with van der Waals surface area (Å²) >= 11 is 0. The molecule has 0 saturated heterocycles. The normalized spacial score (nSPS) is 11.0. The van der Waals surface area contributed by atoms with Crippen molar-refractivity contribution in [1.82, 2.24) is 0 Å². The SMILES string of the molecule is COc1ccc(Cc2cc(C)c(O)cc2C)c(C)c1C(C)C. The van der Waals surface area contributed by atoms with E-state index in [1.54, 1.807) is 7.11 Å². The van der Waals surface area contributed by atoms with E-state index in [0.717, 1.165) is 23.3 Å². The Hall–Kier alpha value is -1.96. The number of methoxy groups -OCH3 is 1. The van der Waals surface area contributed by atoms with Gasteiger partial charge in [0.1, 0.15) is 11.5 Å². The van der Waals surface area contributed by atoms with Crippen molar-refractivity contribution in [2.24, 2.45) is 0 Å². The Morgan fingerprint density at radius 3 is 2.27 bits per heavy atom. The highest BCUT2D eigenvalue weighted by Crippen LogP contribution is 2.33. The zero-order valence-electron chi connectivity index (χ0n) is 14.4. The monoisotopic (exact) mass is 298 g/mol. The van der Waals surface area contributed by atoms with E-state index in [4.69, 9.17) is 4.74 Å². The Bertz CT molecular complexity index is 685. The van der Waals surface area contributed by atoms with Gasteiger partial charge in [0, 0.05) is 0 Å². The number of hydrogen-bond acceptors (Lipinski definition) is 2. The van der Waals surface area contributed by atoms with Gasteiger partial charge in [0.05, 0.1) is 7.11 Å². The first-order chi connectivity index (χ1) is 10.3. The van der Waals surface area contributed by atoms with Gasteiger partial charge in [0.25, 0.3) is 0 Å². The highest BCUT2D eigenvalue weighted by atomic mass is 16.5. The van der Waals surface area contributed by atoms with Crippen LogP contribution in [-0.4, -0.2) is 12.2 Å². The highest BCUT2D eigenvalue weighted by Gasteiger charge is 2.15. The third-order valence-corrected chi connectivity index (χ3v) is 4.42. The standard InChI is InChI=1S/C20H26O2/c1-12(2)20-15(5)16(7-8-19(20)22-6)11-17-9-14(4)18(21)10-13(17)3/h7-10,12,21H,11H2,1-6H3. The molecule has 0 aromatic heterocycles. The predicted molar refractivity (Wildman–Crippen MR) is 92.2 cm³/mol. The fourth-order valence-electron chi connectivity index (χ4n) is 3.09. The Morgan fingerprint density at radius 2 is 1.68 bits per heavy atom. The molecular formula is C20H26O2. The van der Waals surface area contributed by atoms with Crippen LogP contribution in [0.25, 0.3) is 0 Å². The van der Waals surface area contributed by atoms with E-state index >= 15 is 0 Å². The molecule has 2 heteroatoms. The summed E-state index contributed by atoms with van der Waals surface area (Å²) in [6.07, 6.45) is 0.877. The molecule has 2 aromatic rings. The minimum Gasteiger partial charge on any atom is -0.508 e. The quantitative estimate of drug-likeness (QED) is 0.856. The first-order valence-corrected chi connectivity index (χ1v) is 7.80. The summed E-state index contributed by atoms with van der Waals surface area (Å²) in [6, 6.07) is 8.16. The lowest BCUT2D eigenvalue weighted by Crippen LogP contribution is -2.03. The van der Waals surface area contributed by atoms with Crippen molar-refractivity contribution in [3.63, 3.8) is 0 Å². The van der Waals surface area contributed by atoms with E-state index < -0.39 is 0 Å². The summed E-state index contributed by atoms with van der Waals surface area (Å²) in [5.74, 6) is 1.77. The number of phenolic OH excluding ortho intramolecular Hbond substituents is 1. The summed E-state index contributed by atoms with van der Waals surface area (Å²) in [6.45, 7) is 10.6. The first-order valence-electron chi connectivity index (χ1n) is 7.80. The van der Waals surface area contributed by atoms with Crippen LogP contribution in [0.5, 0.6) is 11.5 Å². The van der Waals surface area contributed by atoms with Gasteiger partial charge in [-0.3, -0.25) is 0 Å². The first kappa shape index (κ1) is 16.4. The van der Waals surface area contributed by atoms with Gasteiger partial charge in [0.15, 0.2) is 0 Å². The van der Waals surface area contributed by atoms with E-state index in [9.17, 15) is 5.11 Å². The molecular weight excluding hydrogens is 272 g/mol. The fourth-order valence-corrected chi connectivity index (χ4v) is 3.09. The number of hydrogen-bond donors (Lipinski definition) is 1. The Labute approximate surface area is 133 Å². The molecule has 1 N–H and O–H groups in total. The average Bonchev–Trinajstić information content (AvgIpc) is 2.45. The third-order valence-electron chi connectivity index (χ3n) is 4.42. The maximum atomic E-state index is 9.81. The van der Waals surface area contributed by atoms with E-state index in [2.05, 4.69) is 45.9 Å². The molecule has 0 atom stereocenters. The molecule has 0 amide bonds. The van der Waals surface area contributed by atoms with Crippen LogP contribution in [0.15, 0.2) is 24.3 Å². The lowest BCUT2D eigenvalue weighted by atomic mass is 9.89. The van der Waals surface area contributed by atoms with Crippen molar-refractivity contribution in [3.8, 4) is 11.5 Å².